The standard InChI is InChI=1S/C16H15N7O5S2/c1-22-9(18-20-21-22)3-2-8-6-30-15-12(14(25)23(15)13(8)16(26)27)17-10(24)7-29-11-4-5-28-19-11/h2-5,12,15H,6-7H2,1H3,(H,17,24)(H,26,27)/b3-2+. The summed E-state index contributed by atoms with van der Waals surface area (Å²) in [5.74, 6) is -1.15. The third-order valence-electron chi connectivity index (χ3n) is 4.37. The molecule has 4 heterocycles. The second-order valence-electron chi connectivity index (χ2n) is 6.25. The minimum absolute atomic E-state index is 0.0645. The summed E-state index contributed by atoms with van der Waals surface area (Å²) in [4.78, 5) is 37.8. The van der Waals surface area contributed by atoms with Crippen LogP contribution in [0.15, 0.2) is 39.2 Å². The number of fused-ring (bicyclic) bond motifs is 1. The molecule has 0 spiro atoms. The van der Waals surface area contributed by atoms with E-state index < -0.39 is 23.3 Å². The Balaban J connectivity index is 1.45. The lowest BCUT2D eigenvalue weighted by molar-refractivity contribution is -0.150. The number of hydrogen-bond acceptors (Lipinski definition) is 10. The molecule has 2 unspecified atom stereocenters. The van der Waals surface area contributed by atoms with E-state index >= 15 is 0 Å². The summed E-state index contributed by atoms with van der Waals surface area (Å²) in [5, 5.41) is 27.2. The zero-order valence-corrected chi connectivity index (χ0v) is 17.1. The largest absolute Gasteiger partial charge is 0.477 e. The lowest BCUT2D eigenvalue weighted by atomic mass is 10.0. The van der Waals surface area contributed by atoms with Crippen LogP contribution in [0.5, 0.6) is 0 Å². The number of aromatic nitrogens is 5. The first-order valence-electron chi connectivity index (χ1n) is 8.60. The van der Waals surface area contributed by atoms with Crippen molar-refractivity contribution in [2.75, 3.05) is 11.5 Å². The van der Waals surface area contributed by atoms with Crippen molar-refractivity contribution in [3.05, 3.63) is 35.5 Å². The third kappa shape index (κ3) is 3.82. The molecule has 12 nitrogen and oxygen atoms in total. The zero-order chi connectivity index (χ0) is 21.3. The Kier molecular flexibility index (Phi) is 5.59. The highest BCUT2D eigenvalue weighted by Gasteiger charge is 2.53. The first-order chi connectivity index (χ1) is 14.5. The molecule has 0 aromatic carbocycles. The molecule has 2 amide bonds. The van der Waals surface area contributed by atoms with E-state index in [1.54, 1.807) is 25.3 Å². The van der Waals surface area contributed by atoms with Crippen molar-refractivity contribution in [1.29, 1.82) is 0 Å². The van der Waals surface area contributed by atoms with Gasteiger partial charge in [-0.25, -0.2) is 9.48 Å². The number of carbonyl (C=O) groups is 3. The second-order valence-corrected chi connectivity index (χ2v) is 8.35. The lowest BCUT2D eigenvalue weighted by Crippen LogP contribution is -2.70. The average Bonchev–Trinajstić information content (AvgIpc) is 3.39. The number of carboxylic acid groups (broad SMARTS) is 1. The van der Waals surface area contributed by atoms with Gasteiger partial charge in [-0.15, -0.1) is 16.9 Å². The Morgan fingerprint density at radius 3 is 2.97 bits per heavy atom. The van der Waals surface area contributed by atoms with Crippen LogP contribution in [0.25, 0.3) is 6.08 Å². The lowest BCUT2D eigenvalue weighted by Gasteiger charge is -2.49. The molecule has 14 heteroatoms. The molecule has 1 saturated heterocycles. The number of nitrogens with one attached hydrogen (secondary N) is 1. The van der Waals surface area contributed by atoms with Gasteiger partial charge in [0.2, 0.25) is 5.91 Å². The summed E-state index contributed by atoms with van der Waals surface area (Å²) in [7, 11) is 1.66. The molecule has 2 aromatic heterocycles. The number of tetrazole rings is 1. The maximum absolute atomic E-state index is 12.6. The third-order valence-corrected chi connectivity index (χ3v) is 6.58. The summed E-state index contributed by atoms with van der Waals surface area (Å²) < 4.78 is 6.14. The first kappa shape index (κ1) is 20.2. The summed E-state index contributed by atoms with van der Waals surface area (Å²) in [6.07, 6.45) is 4.58. The van der Waals surface area contributed by atoms with Crippen LogP contribution in [-0.2, 0) is 21.4 Å². The Morgan fingerprint density at radius 2 is 2.30 bits per heavy atom. The number of amides is 2. The summed E-state index contributed by atoms with van der Waals surface area (Å²) in [5.41, 5.74) is 0.365. The maximum atomic E-state index is 12.6. The van der Waals surface area contributed by atoms with E-state index in [0.29, 0.717) is 22.2 Å². The van der Waals surface area contributed by atoms with E-state index in [1.165, 1.54) is 39.4 Å². The van der Waals surface area contributed by atoms with Gasteiger partial charge in [-0.2, -0.15) is 0 Å². The molecule has 0 saturated carbocycles. The number of nitrogens with zero attached hydrogens (tertiary/aromatic N) is 6. The molecule has 0 bridgehead atoms. The summed E-state index contributed by atoms with van der Waals surface area (Å²) in [6.45, 7) is 0. The van der Waals surface area contributed by atoms with Crippen molar-refractivity contribution in [3.63, 3.8) is 0 Å². The molecular weight excluding hydrogens is 434 g/mol. The highest BCUT2D eigenvalue weighted by atomic mass is 32.2. The SMILES string of the molecule is Cn1nnnc1/C=C/C1=C(C(=O)O)N2C(=O)C(NC(=O)CSc3ccon3)C2SC1. The van der Waals surface area contributed by atoms with Crippen LogP contribution in [0, 0.1) is 0 Å². The molecule has 0 aliphatic carbocycles. The van der Waals surface area contributed by atoms with E-state index in [-0.39, 0.29) is 17.4 Å². The van der Waals surface area contributed by atoms with Crippen molar-refractivity contribution < 1.29 is 24.0 Å². The number of carboxylic acids is 1. The van der Waals surface area contributed by atoms with Gasteiger partial charge in [-0.3, -0.25) is 14.5 Å². The van der Waals surface area contributed by atoms with Gasteiger partial charge in [0.1, 0.15) is 28.4 Å². The molecule has 2 atom stereocenters. The highest BCUT2D eigenvalue weighted by molar-refractivity contribution is 8.00. The highest BCUT2D eigenvalue weighted by Crippen LogP contribution is 2.40. The summed E-state index contributed by atoms with van der Waals surface area (Å²) in [6, 6.07) is 0.851. The van der Waals surface area contributed by atoms with Gasteiger partial charge in [0, 0.05) is 18.9 Å². The number of aliphatic carboxylic acids is 1. The normalized spacial score (nSPS) is 21.0. The van der Waals surface area contributed by atoms with Crippen molar-refractivity contribution in [1.82, 2.24) is 35.6 Å². The Morgan fingerprint density at radius 1 is 1.47 bits per heavy atom. The number of rotatable bonds is 7. The monoisotopic (exact) mass is 449 g/mol. The number of aryl methyl sites for hydroxylation is 1. The van der Waals surface area contributed by atoms with Crippen LogP contribution >= 0.6 is 23.5 Å². The number of carbonyl (C=O) groups excluding carboxylic acids is 2. The molecule has 30 heavy (non-hydrogen) atoms. The van der Waals surface area contributed by atoms with Crippen LogP contribution in [0.1, 0.15) is 5.82 Å². The van der Waals surface area contributed by atoms with E-state index in [2.05, 4.69) is 26.0 Å². The van der Waals surface area contributed by atoms with Gasteiger partial charge in [0.25, 0.3) is 5.91 Å². The van der Waals surface area contributed by atoms with E-state index in [4.69, 9.17) is 4.52 Å². The van der Waals surface area contributed by atoms with Crippen LogP contribution in [0.2, 0.25) is 0 Å². The van der Waals surface area contributed by atoms with Gasteiger partial charge in [-0.1, -0.05) is 23.0 Å². The van der Waals surface area contributed by atoms with Crippen LogP contribution in [0.4, 0.5) is 0 Å². The zero-order valence-electron chi connectivity index (χ0n) is 15.5. The Bertz CT molecular complexity index is 1050. The second kappa shape index (κ2) is 8.31. The van der Waals surface area contributed by atoms with Crippen molar-refractivity contribution in [2.45, 2.75) is 16.4 Å². The van der Waals surface area contributed by atoms with Gasteiger partial charge in [0.05, 0.1) is 5.75 Å². The minimum atomic E-state index is -1.21. The molecule has 2 N–H and O–H groups in total. The van der Waals surface area contributed by atoms with Gasteiger partial charge in [-0.05, 0) is 22.1 Å². The van der Waals surface area contributed by atoms with Gasteiger partial charge < -0.3 is 14.9 Å². The predicted molar refractivity (Wildman–Crippen MR) is 105 cm³/mol. The van der Waals surface area contributed by atoms with Crippen LogP contribution in [-0.4, -0.2) is 76.1 Å². The van der Waals surface area contributed by atoms with Gasteiger partial charge >= 0.3 is 5.97 Å². The fraction of sp³-hybridized carbons (Fsp3) is 0.312. The fourth-order valence-corrected chi connectivity index (χ4v) is 4.88. The topological polar surface area (TPSA) is 156 Å². The maximum Gasteiger partial charge on any atom is 0.352 e. The van der Waals surface area contributed by atoms with Crippen LogP contribution in [0.3, 0.4) is 0 Å². The number of allylic oxidation sites excluding steroid dienone is 1. The first-order valence-corrected chi connectivity index (χ1v) is 10.6. The summed E-state index contributed by atoms with van der Waals surface area (Å²) >= 11 is 2.55. The smallest absolute Gasteiger partial charge is 0.352 e. The molecule has 2 aliphatic heterocycles. The average molecular weight is 449 g/mol. The van der Waals surface area contributed by atoms with Gasteiger partial charge in [0.15, 0.2) is 5.82 Å². The number of β-lactam (4-membered cyclic amide) rings is 1. The molecular formula is C16H15N7O5S2. The molecule has 156 valence electrons. The van der Waals surface area contributed by atoms with E-state index in [1.807, 2.05) is 0 Å². The van der Waals surface area contributed by atoms with Crippen LogP contribution < -0.4 is 5.32 Å². The number of hydrogen-bond donors (Lipinski definition) is 2. The Labute approximate surface area is 177 Å². The molecule has 1 fully saturated rings. The predicted octanol–water partition coefficient (Wildman–Crippen LogP) is -0.258. The van der Waals surface area contributed by atoms with Crippen molar-refractivity contribution in [3.8, 4) is 0 Å². The Hall–Kier alpha value is -3.13. The van der Waals surface area contributed by atoms with Crippen molar-refractivity contribution in [2.24, 2.45) is 7.05 Å². The molecule has 2 aromatic rings. The van der Waals surface area contributed by atoms with E-state index in [9.17, 15) is 19.5 Å². The van der Waals surface area contributed by atoms with E-state index in [0.717, 1.165) is 0 Å². The molecule has 2 aliphatic rings. The number of thioether (sulfide) groups is 2. The molecule has 4 rings (SSSR count). The fourth-order valence-electron chi connectivity index (χ4n) is 2.95. The minimum Gasteiger partial charge on any atom is -0.477 e. The quantitative estimate of drug-likeness (QED) is 0.424. The van der Waals surface area contributed by atoms with Crippen molar-refractivity contribution >= 4 is 47.4 Å². The molecule has 0 radical (unpaired) electrons.